The first kappa shape index (κ1) is 11.8. The van der Waals surface area contributed by atoms with Crippen LogP contribution >= 0.6 is 0 Å². The normalized spacial score (nSPS) is 11.5. The summed E-state index contributed by atoms with van der Waals surface area (Å²) < 4.78 is 1.69. The lowest BCUT2D eigenvalue weighted by Crippen LogP contribution is -2.10. The lowest BCUT2D eigenvalue weighted by Gasteiger charge is -2.04. The number of nitro groups is 1. The molecule has 18 heavy (non-hydrogen) atoms. The van der Waals surface area contributed by atoms with E-state index in [1.165, 1.54) is 24.3 Å². The van der Waals surface area contributed by atoms with E-state index in [1.54, 1.807) is 24.0 Å². The molecule has 0 radical (unpaired) electrons. The van der Waals surface area contributed by atoms with E-state index in [9.17, 15) is 10.1 Å². The summed E-state index contributed by atoms with van der Waals surface area (Å²) >= 11 is 0. The number of nitrogens with zero attached hydrogens (tertiary/aromatic N) is 4. The van der Waals surface area contributed by atoms with E-state index in [-0.39, 0.29) is 11.4 Å². The van der Waals surface area contributed by atoms with E-state index in [1.807, 2.05) is 0 Å². The number of benzene rings is 1. The monoisotopic (exact) mass is 246 g/mol. The van der Waals surface area contributed by atoms with Crippen molar-refractivity contribution >= 4 is 11.4 Å². The Balaban J connectivity index is 2.41. The van der Waals surface area contributed by atoms with Gasteiger partial charge in [-0.3, -0.25) is 10.1 Å². The molecule has 92 valence electrons. The third-order valence-corrected chi connectivity index (χ3v) is 2.48. The highest BCUT2D eigenvalue weighted by molar-refractivity contribution is 6.10. The fourth-order valence-corrected chi connectivity index (χ4v) is 1.57. The zero-order valence-electron chi connectivity index (χ0n) is 9.52. The van der Waals surface area contributed by atoms with Crippen LogP contribution in [0.25, 0.3) is 0 Å². The van der Waals surface area contributed by atoms with Crippen LogP contribution in [0.3, 0.4) is 0 Å². The molecule has 1 aromatic heterocycles. The number of aryl methyl sites for hydroxylation is 1. The highest BCUT2D eigenvalue weighted by atomic mass is 16.6. The summed E-state index contributed by atoms with van der Waals surface area (Å²) in [5.41, 5.74) is 0.797. The largest absolute Gasteiger partial charge is 0.410 e. The van der Waals surface area contributed by atoms with Gasteiger partial charge in [0.25, 0.3) is 5.69 Å². The first-order valence-electron chi connectivity index (χ1n) is 5.08. The number of hydrogen-bond donors (Lipinski definition) is 1. The van der Waals surface area contributed by atoms with E-state index >= 15 is 0 Å². The summed E-state index contributed by atoms with van der Waals surface area (Å²) in [6.45, 7) is 0. The Hall–Kier alpha value is -2.70. The van der Waals surface area contributed by atoms with Gasteiger partial charge < -0.3 is 9.77 Å². The second-order valence-electron chi connectivity index (χ2n) is 3.61. The molecule has 0 spiro atoms. The van der Waals surface area contributed by atoms with Crippen molar-refractivity contribution in [3.63, 3.8) is 0 Å². The quantitative estimate of drug-likeness (QED) is 0.385. The molecule has 1 heterocycles. The molecular formula is C11H10N4O3. The molecule has 1 aromatic carbocycles. The van der Waals surface area contributed by atoms with Crippen molar-refractivity contribution in [2.45, 2.75) is 0 Å². The van der Waals surface area contributed by atoms with Gasteiger partial charge in [0.2, 0.25) is 0 Å². The standard InChI is InChI=1S/C11H10N4O3/c1-14-7-6-12-11(14)10(13-16)8-2-4-9(5-3-8)15(17)18/h2-7,16H,1H3/b13-10-. The lowest BCUT2D eigenvalue weighted by atomic mass is 10.1. The highest BCUT2D eigenvalue weighted by Crippen LogP contribution is 2.15. The van der Waals surface area contributed by atoms with Gasteiger partial charge in [-0.05, 0) is 12.1 Å². The number of aromatic nitrogens is 2. The molecule has 0 fully saturated rings. The van der Waals surface area contributed by atoms with Gasteiger partial charge >= 0.3 is 0 Å². The zero-order valence-corrected chi connectivity index (χ0v) is 9.52. The van der Waals surface area contributed by atoms with E-state index < -0.39 is 4.92 Å². The van der Waals surface area contributed by atoms with Crippen LogP contribution in [-0.2, 0) is 7.05 Å². The average Bonchev–Trinajstić information content (AvgIpc) is 2.78. The van der Waals surface area contributed by atoms with Gasteiger partial charge in [-0.15, -0.1) is 0 Å². The summed E-state index contributed by atoms with van der Waals surface area (Å²) in [5, 5.41) is 22.8. The van der Waals surface area contributed by atoms with Gasteiger partial charge in [-0.25, -0.2) is 4.98 Å². The molecule has 0 aliphatic heterocycles. The Labute approximate surface area is 102 Å². The number of non-ortho nitro benzene ring substituents is 1. The Morgan fingerprint density at radius 1 is 1.44 bits per heavy atom. The van der Waals surface area contributed by atoms with Crippen molar-refractivity contribution in [2.24, 2.45) is 12.2 Å². The maximum Gasteiger partial charge on any atom is 0.269 e. The van der Waals surface area contributed by atoms with Crippen molar-refractivity contribution in [1.82, 2.24) is 9.55 Å². The van der Waals surface area contributed by atoms with Crippen LogP contribution in [0.1, 0.15) is 11.4 Å². The van der Waals surface area contributed by atoms with E-state index in [4.69, 9.17) is 5.21 Å². The number of hydrogen-bond acceptors (Lipinski definition) is 5. The lowest BCUT2D eigenvalue weighted by molar-refractivity contribution is -0.384. The molecule has 2 rings (SSSR count). The van der Waals surface area contributed by atoms with Gasteiger partial charge in [0.1, 0.15) is 0 Å². The topological polar surface area (TPSA) is 93.5 Å². The van der Waals surface area contributed by atoms with Crippen molar-refractivity contribution in [3.8, 4) is 0 Å². The van der Waals surface area contributed by atoms with E-state index in [0.29, 0.717) is 11.4 Å². The summed E-state index contributed by atoms with van der Waals surface area (Å²) in [7, 11) is 1.76. The van der Waals surface area contributed by atoms with Crippen molar-refractivity contribution in [2.75, 3.05) is 0 Å². The Bertz CT molecular complexity index is 601. The molecule has 0 aliphatic carbocycles. The minimum absolute atomic E-state index is 0.0177. The molecule has 7 nitrogen and oxygen atoms in total. The summed E-state index contributed by atoms with van der Waals surface area (Å²) in [4.78, 5) is 14.1. The average molecular weight is 246 g/mol. The SMILES string of the molecule is Cn1ccnc1/C(=N\O)c1ccc([N+](=O)[O-])cc1. The highest BCUT2D eigenvalue weighted by Gasteiger charge is 2.14. The van der Waals surface area contributed by atoms with Gasteiger partial charge in [0, 0.05) is 37.1 Å². The van der Waals surface area contributed by atoms with Gasteiger partial charge in [0.05, 0.1) is 4.92 Å². The van der Waals surface area contributed by atoms with Crippen LogP contribution in [0.15, 0.2) is 41.8 Å². The number of rotatable bonds is 3. The fraction of sp³-hybridized carbons (Fsp3) is 0.0909. The second kappa shape index (κ2) is 4.66. The smallest absolute Gasteiger partial charge is 0.269 e. The third kappa shape index (κ3) is 2.05. The molecule has 7 heteroatoms. The molecule has 0 bridgehead atoms. The number of nitro benzene ring substituents is 1. The van der Waals surface area contributed by atoms with Crippen LogP contribution in [0.5, 0.6) is 0 Å². The van der Waals surface area contributed by atoms with Crippen LogP contribution in [-0.4, -0.2) is 25.4 Å². The first-order chi connectivity index (χ1) is 8.63. The minimum Gasteiger partial charge on any atom is -0.410 e. The molecule has 2 aromatic rings. The third-order valence-electron chi connectivity index (χ3n) is 2.48. The maximum atomic E-state index is 10.5. The Kier molecular flexibility index (Phi) is 3.05. The van der Waals surface area contributed by atoms with Gasteiger partial charge in [0.15, 0.2) is 11.5 Å². The minimum atomic E-state index is -0.486. The van der Waals surface area contributed by atoms with Crippen LogP contribution < -0.4 is 0 Å². The van der Waals surface area contributed by atoms with Crippen molar-refractivity contribution in [3.05, 3.63) is 58.2 Å². The van der Waals surface area contributed by atoms with E-state index in [2.05, 4.69) is 10.1 Å². The Morgan fingerprint density at radius 3 is 2.56 bits per heavy atom. The van der Waals surface area contributed by atoms with Crippen LogP contribution in [0.4, 0.5) is 5.69 Å². The summed E-state index contributed by atoms with van der Waals surface area (Å²) in [5.74, 6) is 0.478. The predicted octanol–water partition coefficient (Wildman–Crippen LogP) is 1.55. The molecular weight excluding hydrogens is 236 g/mol. The zero-order chi connectivity index (χ0) is 13.1. The molecule has 0 atom stereocenters. The molecule has 0 saturated heterocycles. The second-order valence-corrected chi connectivity index (χ2v) is 3.61. The fourth-order valence-electron chi connectivity index (χ4n) is 1.57. The number of oxime groups is 1. The van der Waals surface area contributed by atoms with Gasteiger partial charge in [-0.1, -0.05) is 5.16 Å². The van der Waals surface area contributed by atoms with Crippen LogP contribution in [0, 0.1) is 10.1 Å². The summed E-state index contributed by atoms with van der Waals surface area (Å²) in [6, 6.07) is 5.73. The van der Waals surface area contributed by atoms with Gasteiger partial charge in [-0.2, -0.15) is 0 Å². The Morgan fingerprint density at radius 2 is 2.11 bits per heavy atom. The van der Waals surface area contributed by atoms with Crippen molar-refractivity contribution < 1.29 is 10.1 Å². The predicted molar refractivity (Wildman–Crippen MR) is 63.7 cm³/mol. The number of imidazole rings is 1. The molecule has 1 N–H and O–H groups in total. The first-order valence-corrected chi connectivity index (χ1v) is 5.08. The molecule has 0 aliphatic rings. The maximum absolute atomic E-state index is 10.5. The van der Waals surface area contributed by atoms with E-state index in [0.717, 1.165) is 0 Å². The van der Waals surface area contributed by atoms with Crippen LogP contribution in [0.2, 0.25) is 0 Å². The summed E-state index contributed by atoms with van der Waals surface area (Å²) in [6.07, 6.45) is 3.29. The van der Waals surface area contributed by atoms with Crippen molar-refractivity contribution in [1.29, 1.82) is 0 Å². The molecule has 0 amide bonds. The molecule has 0 saturated carbocycles. The molecule has 0 unspecified atom stereocenters.